The summed E-state index contributed by atoms with van der Waals surface area (Å²) in [6.45, 7) is 0. The van der Waals surface area contributed by atoms with Gasteiger partial charge in [0.2, 0.25) is 0 Å². The highest BCUT2D eigenvalue weighted by Crippen LogP contribution is 2.44. The van der Waals surface area contributed by atoms with E-state index in [4.69, 9.17) is 24.9 Å². The topological polar surface area (TPSA) is 78.2 Å². The van der Waals surface area contributed by atoms with Gasteiger partial charge >= 0.3 is 0 Å². The predicted molar refractivity (Wildman–Crippen MR) is 392 cm³/mol. The van der Waals surface area contributed by atoms with Crippen LogP contribution in [0.2, 0.25) is 0 Å². The van der Waals surface area contributed by atoms with Gasteiger partial charge in [0.25, 0.3) is 0 Å². The molecule has 6 heterocycles. The minimum atomic E-state index is 0.627. The summed E-state index contributed by atoms with van der Waals surface area (Å²) < 4.78 is 7.06. The van der Waals surface area contributed by atoms with Gasteiger partial charge in [0.1, 0.15) is 11.3 Å². The summed E-state index contributed by atoms with van der Waals surface area (Å²) in [5.41, 5.74) is 21.4. The molecule has 0 bridgehead atoms. The molecule has 0 saturated carbocycles. The molecule has 13 aromatic carbocycles. The zero-order chi connectivity index (χ0) is 62.8. The molecule has 0 aliphatic heterocycles. The first-order valence-corrected chi connectivity index (χ1v) is 32.1. The van der Waals surface area contributed by atoms with Gasteiger partial charge in [-0.1, -0.05) is 279 Å². The maximum absolute atomic E-state index is 5.37. The Morgan fingerprint density at radius 2 is 0.495 bits per heavy atom. The minimum Gasteiger partial charge on any atom is -0.309 e. The van der Waals surface area contributed by atoms with Crippen molar-refractivity contribution in [1.82, 2.24) is 38.3 Å². The van der Waals surface area contributed by atoms with Crippen LogP contribution >= 0.6 is 0 Å². The van der Waals surface area contributed by atoms with E-state index < -0.39 is 0 Å². The van der Waals surface area contributed by atoms with Crippen LogP contribution in [0, 0.1) is 0 Å². The van der Waals surface area contributed by atoms with Crippen molar-refractivity contribution in [2.75, 3.05) is 0 Å². The Balaban J connectivity index is 0.000000139. The predicted octanol–water partition coefficient (Wildman–Crippen LogP) is 21.9. The number of rotatable bonds is 9. The molecule has 0 atom stereocenters. The highest BCUT2D eigenvalue weighted by Gasteiger charge is 2.24. The quantitative estimate of drug-likeness (QED) is 0.135. The monoisotopic (exact) mass is 1210 g/mol. The van der Waals surface area contributed by atoms with Crippen LogP contribution in [-0.2, 0) is 0 Å². The van der Waals surface area contributed by atoms with Gasteiger partial charge in [-0.05, 0) is 82.6 Å². The molecule has 8 heteroatoms. The van der Waals surface area contributed by atoms with Crippen molar-refractivity contribution >= 4 is 76.5 Å². The number of pyridine rings is 2. The van der Waals surface area contributed by atoms with Crippen LogP contribution in [0.3, 0.4) is 0 Å². The molecular formula is C87H56N8. The molecule has 0 radical (unpaired) electrons. The minimum absolute atomic E-state index is 0.627. The molecule has 0 spiro atoms. The number of para-hydroxylation sites is 2. The van der Waals surface area contributed by atoms with Gasteiger partial charge in [-0.2, -0.15) is 0 Å². The summed E-state index contributed by atoms with van der Waals surface area (Å²) in [7, 11) is 0. The number of hydrogen-bond donors (Lipinski definition) is 0. The van der Waals surface area contributed by atoms with E-state index >= 15 is 0 Å². The van der Waals surface area contributed by atoms with E-state index in [-0.39, 0.29) is 0 Å². The molecule has 0 N–H and O–H groups in total. The van der Waals surface area contributed by atoms with Crippen LogP contribution in [-0.4, -0.2) is 38.3 Å². The van der Waals surface area contributed by atoms with Crippen molar-refractivity contribution in [3.05, 3.63) is 340 Å². The average molecular weight is 1210 g/mol. The highest BCUT2D eigenvalue weighted by atomic mass is 15.1. The van der Waals surface area contributed by atoms with Gasteiger partial charge in [0.15, 0.2) is 17.5 Å². The van der Waals surface area contributed by atoms with Crippen LogP contribution in [0.4, 0.5) is 0 Å². The lowest BCUT2D eigenvalue weighted by atomic mass is 9.98. The summed E-state index contributed by atoms with van der Waals surface area (Å²) >= 11 is 0. The van der Waals surface area contributed by atoms with Gasteiger partial charge in [-0.25, -0.2) is 24.9 Å². The fourth-order valence-corrected chi connectivity index (χ4v) is 14.0. The van der Waals surface area contributed by atoms with E-state index in [0.717, 1.165) is 106 Å². The van der Waals surface area contributed by atoms with Crippen LogP contribution in [0.25, 0.3) is 172 Å². The normalized spacial score (nSPS) is 11.6. The van der Waals surface area contributed by atoms with Gasteiger partial charge < -0.3 is 4.57 Å². The molecule has 0 aliphatic rings. The molecule has 6 aromatic heterocycles. The second-order valence-corrected chi connectivity index (χ2v) is 23.9. The summed E-state index contributed by atoms with van der Waals surface area (Å²) in [5, 5.41) is 9.37. The second kappa shape index (κ2) is 23.1. The fraction of sp³-hybridized carbons (Fsp3) is 0. The Hall–Kier alpha value is -12.9. The Morgan fingerprint density at radius 1 is 0.189 bits per heavy atom. The lowest BCUT2D eigenvalue weighted by Gasteiger charge is -2.13. The lowest BCUT2D eigenvalue weighted by molar-refractivity contribution is 1.07. The molecular weight excluding hydrogens is 1160 g/mol. The number of imidazole rings is 2. The van der Waals surface area contributed by atoms with Gasteiger partial charge in [0, 0.05) is 76.9 Å². The first kappa shape index (κ1) is 55.0. The Bertz CT molecular complexity index is 6050. The van der Waals surface area contributed by atoms with E-state index in [0.29, 0.717) is 17.5 Å². The number of hydrogen-bond acceptors (Lipinski definition) is 5. The number of nitrogens with zero attached hydrogens (tertiary/aromatic N) is 8. The molecule has 0 unspecified atom stereocenters. The fourth-order valence-electron chi connectivity index (χ4n) is 14.0. The summed E-state index contributed by atoms with van der Waals surface area (Å²) in [6.07, 6.45) is 0. The number of aromatic nitrogens is 8. The third-order valence-electron chi connectivity index (χ3n) is 18.3. The summed E-state index contributed by atoms with van der Waals surface area (Å²) in [4.78, 5) is 25.6. The summed E-state index contributed by atoms with van der Waals surface area (Å²) in [6, 6.07) is 119. The largest absolute Gasteiger partial charge is 0.309 e. The van der Waals surface area contributed by atoms with E-state index in [1.807, 2.05) is 66.7 Å². The van der Waals surface area contributed by atoms with Crippen molar-refractivity contribution in [3.8, 4) is 96.0 Å². The molecule has 8 nitrogen and oxygen atoms in total. The first-order valence-electron chi connectivity index (χ1n) is 32.1. The van der Waals surface area contributed by atoms with Crippen molar-refractivity contribution in [1.29, 1.82) is 0 Å². The summed E-state index contributed by atoms with van der Waals surface area (Å²) in [5.74, 6) is 1.91. The van der Waals surface area contributed by atoms with E-state index in [1.165, 1.54) is 49.4 Å². The van der Waals surface area contributed by atoms with Crippen LogP contribution in [0.1, 0.15) is 0 Å². The van der Waals surface area contributed by atoms with E-state index in [9.17, 15) is 0 Å². The van der Waals surface area contributed by atoms with Crippen LogP contribution in [0.5, 0.6) is 0 Å². The first-order chi connectivity index (χ1) is 47.1. The molecule has 19 rings (SSSR count). The third-order valence-corrected chi connectivity index (χ3v) is 18.3. The van der Waals surface area contributed by atoms with E-state index in [1.54, 1.807) is 0 Å². The van der Waals surface area contributed by atoms with E-state index in [2.05, 4.69) is 286 Å². The van der Waals surface area contributed by atoms with Gasteiger partial charge in [0.05, 0.1) is 44.8 Å². The zero-order valence-corrected chi connectivity index (χ0v) is 51.4. The third kappa shape index (κ3) is 9.50. The van der Waals surface area contributed by atoms with Gasteiger partial charge in [-0.3, -0.25) is 8.80 Å². The zero-order valence-electron chi connectivity index (χ0n) is 51.4. The smallest absolute Gasteiger partial charge is 0.164 e. The van der Waals surface area contributed by atoms with Gasteiger partial charge in [-0.15, -0.1) is 0 Å². The average Bonchev–Trinajstić information content (AvgIpc) is 1.63. The number of benzene rings is 13. The SMILES string of the molecule is c1ccc(-c2nc(-c3ccccc3)nc(-c3ccc4c(c3)c3ccccc3c3nc(-c5ccccc5)c(-c5ccccc5)n43)n2)cc1.c1ccc(-c2nc3c4ccccc4c4cc(-c5ccc6c(c5)c5ccccc5n6-c5ccccc5)ccc4n3c2-c2ccccc2)cc1. The lowest BCUT2D eigenvalue weighted by Crippen LogP contribution is -2.00. The molecule has 444 valence electrons. The van der Waals surface area contributed by atoms with Crippen molar-refractivity contribution < 1.29 is 0 Å². The molecule has 95 heavy (non-hydrogen) atoms. The van der Waals surface area contributed by atoms with Crippen molar-refractivity contribution in [3.63, 3.8) is 0 Å². The van der Waals surface area contributed by atoms with Crippen molar-refractivity contribution in [2.24, 2.45) is 0 Å². The Labute approximate surface area is 547 Å². The number of fused-ring (bicyclic) bond motifs is 15. The Morgan fingerprint density at radius 3 is 0.937 bits per heavy atom. The molecule has 0 fully saturated rings. The van der Waals surface area contributed by atoms with Crippen molar-refractivity contribution in [2.45, 2.75) is 0 Å². The van der Waals surface area contributed by atoms with Crippen LogP contribution in [0.15, 0.2) is 340 Å². The Kier molecular flexibility index (Phi) is 13.4. The molecule has 0 aliphatic carbocycles. The maximum Gasteiger partial charge on any atom is 0.164 e. The molecule has 19 aromatic rings. The standard InChI is InChI=1S/C45H29N3.C42H27N5/c1-4-14-30(15-5-1)43-44(31-16-6-2-7-17-31)48-42-27-25-32(28-38(42)35-20-10-11-22-37(35)45(48)46-43)33-24-26-41-39(29-33)36-21-12-13-23-40(36)47(41)34-18-8-3-9-19-34;1-5-15-28(16-6-1)37-38(29-17-7-2-8-18-29)47-36-26-25-32(27-35(36)33-23-13-14-24-34(33)42(47)43-37)41-45-39(30-19-9-3-10-20-30)44-40(46-41)31-21-11-4-12-22-31/h1-29H;1-27H. The maximum atomic E-state index is 5.37. The molecule has 0 saturated heterocycles. The highest BCUT2D eigenvalue weighted by molar-refractivity contribution is 6.16. The molecule has 0 amide bonds. The van der Waals surface area contributed by atoms with Crippen LogP contribution < -0.4 is 0 Å². The second-order valence-electron chi connectivity index (χ2n) is 23.9.